The van der Waals surface area contributed by atoms with E-state index in [-0.39, 0.29) is 0 Å². The zero-order chi connectivity index (χ0) is 14.6. The highest BCUT2D eigenvalue weighted by Gasteiger charge is 2.04. The lowest BCUT2D eigenvalue weighted by Gasteiger charge is -2.13. The van der Waals surface area contributed by atoms with E-state index in [0.717, 1.165) is 45.1 Å². The lowest BCUT2D eigenvalue weighted by Crippen LogP contribution is -2.19. The van der Waals surface area contributed by atoms with Gasteiger partial charge in [0, 0.05) is 45.4 Å². The SMILES string of the molecule is CCOCCCOc1ccc(C)cc1CNCCOC. The van der Waals surface area contributed by atoms with Crippen LogP contribution in [-0.2, 0) is 16.0 Å². The molecule has 0 aliphatic heterocycles. The minimum absolute atomic E-state index is 0.689. The molecule has 0 heterocycles. The fraction of sp³-hybridized carbons (Fsp3) is 0.625. The highest BCUT2D eigenvalue weighted by atomic mass is 16.5. The summed E-state index contributed by atoms with van der Waals surface area (Å²) in [7, 11) is 1.71. The minimum atomic E-state index is 0.689. The van der Waals surface area contributed by atoms with Crippen molar-refractivity contribution in [3.63, 3.8) is 0 Å². The number of ether oxygens (including phenoxy) is 3. The van der Waals surface area contributed by atoms with Gasteiger partial charge in [0.2, 0.25) is 0 Å². The number of aryl methyl sites for hydroxylation is 1. The summed E-state index contributed by atoms with van der Waals surface area (Å²) in [6.07, 6.45) is 0.915. The van der Waals surface area contributed by atoms with Gasteiger partial charge in [0.1, 0.15) is 5.75 Å². The third kappa shape index (κ3) is 6.89. The second-order valence-electron chi connectivity index (χ2n) is 4.68. The van der Waals surface area contributed by atoms with Crippen LogP contribution < -0.4 is 10.1 Å². The summed E-state index contributed by atoms with van der Waals surface area (Å²) >= 11 is 0. The maximum absolute atomic E-state index is 5.84. The van der Waals surface area contributed by atoms with E-state index >= 15 is 0 Å². The Balaban J connectivity index is 2.42. The quantitative estimate of drug-likeness (QED) is 0.633. The zero-order valence-corrected chi connectivity index (χ0v) is 12.9. The van der Waals surface area contributed by atoms with Gasteiger partial charge in [-0.2, -0.15) is 0 Å². The molecular formula is C16H27NO3. The largest absolute Gasteiger partial charge is 0.493 e. The van der Waals surface area contributed by atoms with Gasteiger partial charge in [-0.25, -0.2) is 0 Å². The molecular weight excluding hydrogens is 254 g/mol. The predicted molar refractivity (Wildman–Crippen MR) is 81.4 cm³/mol. The van der Waals surface area contributed by atoms with Crippen LogP contribution in [0.25, 0.3) is 0 Å². The molecule has 1 rings (SSSR count). The zero-order valence-electron chi connectivity index (χ0n) is 12.9. The third-order valence-corrected chi connectivity index (χ3v) is 2.91. The Kier molecular flexibility index (Phi) is 9.04. The molecule has 0 aliphatic rings. The van der Waals surface area contributed by atoms with E-state index in [9.17, 15) is 0 Å². The summed E-state index contributed by atoms with van der Waals surface area (Å²) in [4.78, 5) is 0. The lowest BCUT2D eigenvalue weighted by molar-refractivity contribution is 0.130. The second kappa shape index (κ2) is 10.7. The minimum Gasteiger partial charge on any atom is -0.493 e. The molecule has 4 heteroatoms. The number of methoxy groups -OCH3 is 1. The summed E-state index contributed by atoms with van der Waals surface area (Å²) < 4.78 is 16.2. The van der Waals surface area contributed by atoms with E-state index in [1.54, 1.807) is 7.11 Å². The molecule has 1 N–H and O–H groups in total. The Morgan fingerprint density at radius 3 is 2.75 bits per heavy atom. The van der Waals surface area contributed by atoms with Crippen LogP contribution in [0, 0.1) is 6.92 Å². The van der Waals surface area contributed by atoms with Gasteiger partial charge < -0.3 is 19.5 Å². The molecule has 4 nitrogen and oxygen atoms in total. The van der Waals surface area contributed by atoms with Crippen molar-refractivity contribution in [1.29, 1.82) is 0 Å². The van der Waals surface area contributed by atoms with Crippen LogP contribution >= 0.6 is 0 Å². The molecule has 1 aromatic carbocycles. The van der Waals surface area contributed by atoms with E-state index in [1.165, 1.54) is 11.1 Å². The molecule has 0 spiro atoms. The predicted octanol–water partition coefficient (Wildman–Crippen LogP) is 2.54. The first-order valence-corrected chi connectivity index (χ1v) is 7.27. The van der Waals surface area contributed by atoms with E-state index in [2.05, 4.69) is 24.4 Å². The molecule has 0 saturated heterocycles. The van der Waals surface area contributed by atoms with Gasteiger partial charge in [0.25, 0.3) is 0 Å². The Bertz CT molecular complexity index is 369. The Hall–Kier alpha value is -1.10. The average molecular weight is 281 g/mol. The molecule has 0 radical (unpaired) electrons. The molecule has 20 heavy (non-hydrogen) atoms. The highest BCUT2D eigenvalue weighted by molar-refractivity contribution is 5.36. The normalized spacial score (nSPS) is 10.8. The molecule has 0 amide bonds. The Morgan fingerprint density at radius 2 is 2.00 bits per heavy atom. The second-order valence-corrected chi connectivity index (χ2v) is 4.68. The molecule has 0 unspecified atom stereocenters. The van der Waals surface area contributed by atoms with Crippen molar-refractivity contribution < 1.29 is 14.2 Å². The van der Waals surface area contributed by atoms with E-state index in [0.29, 0.717) is 6.61 Å². The topological polar surface area (TPSA) is 39.7 Å². The molecule has 1 aromatic rings. The summed E-state index contributed by atoms with van der Waals surface area (Å²) in [5.41, 5.74) is 2.44. The number of hydrogen-bond donors (Lipinski definition) is 1. The third-order valence-electron chi connectivity index (χ3n) is 2.91. The number of nitrogens with one attached hydrogen (secondary N) is 1. The standard InChI is InChI=1S/C16H27NO3/c1-4-19-9-5-10-20-16-7-6-14(2)12-15(16)13-17-8-11-18-3/h6-7,12,17H,4-5,8-11,13H2,1-3H3. The van der Waals surface area contributed by atoms with Gasteiger partial charge in [0.05, 0.1) is 13.2 Å². The summed E-state index contributed by atoms with van der Waals surface area (Å²) in [6.45, 7) is 8.66. The van der Waals surface area contributed by atoms with Crippen LogP contribution in [0.2, 0.25) is 0 Å². The van der Waals surface area contributed by atoms with Gasteiger partial charge in [0.15, 0.2) is 0 Å². The van der Waals surface area contributed by atoms with Crippen molar-refractivity contribution in [3.8, 4) is 5.75 Å². The average Bonchev–Trinajstić information content (AvgIpc) is 2.45. The smallest absolute Gasteiger partial charge is 0.123 e. The van der Waals surface area contributed by atoms with Crippen molar-refractivity contribution in [2.75, 3.05) is 40.1 Å². The maximum atomic E-state index is 5.84. The number of rotatable bonds is 11. The van der Waals surface area contributed by atoms with E-state index in [4.69, 9.17) is 14.2 Å². The molecule has 0 fully saturated rings. The van der Waals surface area contributed by atoms with Gasteiger partial charge >= 0.3 is 0 Å². The summed E-state index contributed by atoms with van der Waals surface area (Å²) in [6, 6.07) is 6.29. The Morgan fingerprint density at radius 1 is 1.15 bits per heavy atom. The monoisotopic (exact) mass is 281 g/mol. The van der Waals surface area contributed by atoms with Crippen LogP contribution in [0.15, 0.2) is 18.2 Å². The molecule has 0 aliphatic carbocycles. The number of benzene rings is 1. The molecule has 0 atom stereocenters. The maximum Gasteiger partial charge on any atom is 0.123 e. The fourth-order valence-corrected chi connectivity index (χ4v) is 1.87. The first kappa shape index (κ1) is 17.0. The molecule has 114 valence electrons. The first-order chi connectivity index (χ1) is 9.77. The summed E-state index contributed by atoms with van der Waals surface area (Å²) in [5, 5.41) is 3.35. The summed E-state index contributed by atoms with van der Waals surface area (Å²) in [5.74, 6) is 0.956. The lowest BCUT2D eigenvalue weighted by atomic mass is 10.1. The van der Waals surface area contributed by atoms with Crippen molar-refractivity contribution in [1.82, 2.24) is 5.32 Å². The van der Waals surface area contributed by atoms with Crippen LogP contribution in [0.4, 0.5) is 0 Å². The van der Waals surface area contributed by atoms with Crippen molar-refractivity contribution in [2.24, 2.45) is 0 Å². The van der Waals surface area contributed by atoms with Crippen LogP contribution in [0.3, 0.4) is 0 Å². The van der Waals surface area contributed by atoms with E-state index in [1.807, 2.05) is 13.0 Å². The van der Waals surface area contributed by atoms with Crippen LogP contribution in [0.1, 0.15) is 24.5 Å². The molecule has 0 saturated carbocycles. The van der Waals surface area contributed by atoms with Gasteiger partial charge in [-0.15, -0.1) is 0 Å². The van der Waals surface area contributed by atoms with Crippen molar-refractivity contribution >= 4 is 0 Å². The van der Waals surface area contributed by atoms with Gasteiger partial charge in [-0.1, -0.05) is 17.7 Å². The van der Waals surface area contributed by atoms with Gasteiger partial charge in [-0.05, 0) is 19.9 Å². The van der Waals surface area contributed by atoms with Gasteiger partial charge in [-0.3, -0.25) is 0 Å². The molecule has 0 aromatic heterocycles. The van der Waals surface area contributed by atoms with Crippen molar-refractivity contribution in [2.45, 2.75) is 26.8 Å². The molecule has 0 bridgehead atoms. The van der Waals surface area contributed by atoms with Crippen molar-refractivity contribution in [3.05, 3.63) is 29.3 Å². The highest BCUT2D eigenvalue weighted by Crippen LogP contribution is 2.20. The fourth-order valence-electron chi connectivity index (χ4n) is 1.87. The van der Waals surface area contributed by atoms with Crippen LogP contribution in [-0.4, -0.2) is 40.1 Å². The Labute approximate surface area is 122 Å². The van der Waals surface area contributed by atoms with Crippen LogP contribution in [0.5, 0.6) is 5.75 Å². The number of hydrogen-bond acceptors (Lipinski definition) is 4. The first-order valence-electron chi connectivity index (χ1n) is 7.27. The van der Waals surface area contributed by atoms with E-state index < -0.39 is 0 Å².